The number of rotatable bonds is 9. The van der Waals surface area contributed by atoms with Gasteiger partial charge in [0, 0.05) is 37.0 Å². The Balaban J connectivity index is 1.92. The lowest BCUT2D eigenvalue weighted by atomic mass is 10.1. The third-order valence-corrected chi connectivity index (χ3v) is 5.22. The SMILES string of the molecule is COCCN(C(=O)c1ccc(NC(=O)c2ccccc2)cc1)c1c(N)n(CC(C)C)c(=O)[nH]c1=O. The zero-order valence-corrected chi connectivity index (χ0v) is 19.9. The van der Waals surface area contributed by atoms with Crippen molar-refractivity contribution in [2.45, 2.75) is 20.4 Å². The first-order valence-corrected chi connectivity index (χ1v) is 11.1. The molecule has 0 spiro atoms. The number of benzene rings is 2. The normalized spacial score (nSPS) is 10.9. The number of aromatic nitrogens is 2. The van der Waals surface area contributed by atoms with Crippen LogP contribution in [0.15, 0.2) is 64.2 Å². The number of aromatic amines is 1. The van der Waals surface area contributed by atoms with Gasteiger partial charge in [-0.25, -0.2) is 4.79 Å². The van der Waals surface area contributed by atoms with E-state index in [4.69, 9.17) is 10.5 Å². The second-order valence-electron chi connectivity index (χ2n) is 8.34. The first-order valence-electron chi connectivity index (χ1n) is 11.1. The maximum Gasteiger partial charge on any atom is 0.330 e. The molecule has 3 aromatic rings. The van der Waals surface area contributed by atoms with Crippen LogP contribution in [-0.2, 0) is 11.3 Å². The lowest BCUT2D eigenvalue weighted by Gasteiger charge is -2.25. The highest BCUT2D eigenvalue weighted by Gasteiger charge is 2.25. The van der Waals surface area contributed by atoms with Crippen LogP contribution >= 0.6 is 0 Å². The predicted molar refractivity (Wildman–Crippen MR) is 135 cm³/mol. The van der Waals surface area contributed by atoms with E-state index in [-0.39, 0.29) is 48.6 Å². The lowest BCUT2D eigenvalue weighted by Crippen LogP contribution is -2.42. The summed E-state index contributed by atoms with van der Waals surface area (Å²) in [5, 5.41) is 2.77. The highest BCUT2D eigenvalue weighted by atomic mass is 16.5. The molecule has 1 aromatic heterocycles. The van der Waals surface area contributed by atoms with Gasteiger partial charge in [-0.3, -0.25) is 28.8 Å². The van der Waals surface area contributed by atoms with Crippen LogP contribution in [0.25, 0.3) is 0 Å². The van der Waals surface area contributed by atoms with Crippen LogP contribution < -0.4 is 27.2 Å². The molecule has 3 rings (SSSR count). The number of nitrogen functional groups attached to an aromatic ring is 1. The molecule has 10 heteroatoms. The van der Waals surface area contributed by atoms with Crippen molar-refractivity contribution in [1.82, 2.24) is 9.55 Å². The van der Waals surface area contributed by atoms with Gasteiger partial charge in [-0.1, -0.05) is 32.0 Å². The van der Waals surface area contributed by atoms with Gasteiger partial charge in [-0.2, -0.15) is 0 Å². The number of nitrogens with zero attached hydrogens (tertiary/aromatic N) is 2. The van der Waals surface area contributed by atoms with E-state index in [1.807, 2.05) is 19.9 Å². The number of hydrogen-bond acceptors (Lipinski definition) is 6. The van der Waals surface area contributed by atoms with Crippen LogP contribution in [0.2, 0.25) is 0 Å². The topological polar surface area (TPSA) is 140 Å². The molecular weight excluding hydrogens is 450 g/mol. The molecule has 184 valence electrons. The van der Waals surface area contributed by atoms with Crippen LogP contribution in [0.1, 0.15) is 34.6 Å². The molecule has 0 radical (unpaired) electrons. The zero-order chi connectivity index (χ0) is 25.5. The van der Waals surface area contributed by atoms with Crippen molar-refractivity contribution in [2.75, 3.05) is 36.2 Å². The number of carbonyl (C=O) groups excluding carboxylic acids is 2. The molecule has 0 saturated carbocycles. The Morgan fingerprint density at radius 3 is 2.31 bits per heavy atom. The Morgan fingerprint density at radius 1 is 1.06 bits per heavy atom. The smallest absolute Gasteiger partial charge is 0.330 e. The molecule has 0 aliphatic heterocycles. The quantitative estimate of drug-likeness (QED) is 0.430. The molecule has 0 aliphatic rings. The zero-order valence-electron chi connectivity index (χ0n) is 19.9. The van der Waals surface area contributed by atoms with Gasteiger partial charge in [0.2, 0.25) is 0 Å². The minimum absolute atomic E-state index is 0.0367. The number of anilines is 3. The van der Waals surface area contributed by atoms with Crippen molar-refractivity contribution >= 4 is 29.0 Å². The van der Waals surface area contributed by atoms with Crippen molar-refractivity contribution in [1.29, 1.82) is 0 Å². The van der Waals surface area contributed by atoms with Crippen LogP contribution in [-0.4, -0.2) is 41.6 Å². The van der Waals surface area contributed by atoms with E-state index in [0.29, 0.717) is 11.3 Å². The lowest BCUT2D eigenvalue weighted by molar-refractivity contribution is 0.0974. The third kappa shape index (κ3) is 6.04. The predicted octanol–water partition coefficient (Wildman–Crippen LogP) is 2.32. The standard InChI is InChI=1S/C25H29N5O5/c1-16(2)15-30-21(26)20(23(32)28-25(30)34)29(13-14-35-3)24(33)18-9-11-19(12-10-18)27-22(31)17-7-5-4-6-8-17/h4-12,16H,13-15,26H2,1-3H3,(H,27,31)(H,28,32,34). The fraction of sp³-hybridized carbons (Fsp3) is 0.280. The largest absolute Gasteiger partial charge is 0.383 e. The number of hydrogen-bond donors (Lipinski definition) is 3. The maximum absolute atomic E-state index is 13.4. The number of nitrogens with two attached hydrogens (primary N) is 1. The molecule has 2 aromatic carbocycles. The van der Waals surface area contributed by atoms with E-state index in [2.05, 4.69) is 10.3 Å². The van der Waals surface area contributed by atoms with Crippen molar-refractivity contribution in [3.05, 3.63) is 86.6 Å². The highest BCUT2D eigenvalue weighted by Crippen LogP contribution is 2.21. The van der Waals surface area contributed by atoms with Crippen molar-refractivity contribution < 1.29 is 14.3 Å². The van der Waals surface area contributed by atoms with Gasteiger partial charge in [-0.05, 0) is 42.3 Å². The monoisotopic (exact) mass is 479 g/mol. The number of ether oxygens (including phenoxy) is 1. The summed E-state index contributed by atoms with van der Waals surface area (Å²) in [6, 6.07) is 15.0. The van der Waals surface area contributed by atoms with Gasteiger partial charge in [0.1, 0.15) is 5.82 Å². The molecule has 0 bridgehead atoms. The molecule has 0 saturated heterocycles. The van der Waals surface area contributed by atoms with Crippen LogP contribution in [0.3, 0.4) is 0 Å². The van der Waals surface area contributed by atoms with E-state index >= 15 is 0 Å². The number of methoxy groups -OCH3 is 1. The van der Waals surface area contributed by atoms with Gasteiger partial charge >= 0.3 is 5.69 Å². The van der Waals surface area contributed by atoms with Gasteiger partial charge in [0.15, 0.2) is 5.69 Å². The van der Waals surface area contributed by atoms with Gasteiger partial charge in [0.25, 0.3) is 17.4 Å². The summed E-state index contributed by atoms with van der Waals surface area (Å²) >= 11 is 0. The Hall–Kier alpha value is -4.18. The molecule has 0 aliphatic carbocycles. The van der Waals surface area contributed by atoms with Gasteiger partial charge in [-0.15, -0.1) is 0 Å². The summed E-state index contributed by atoms with van der Waals surface area (Å²) in [6.45, 7) is 4.26. The van der Waals surface area contributed by atoms with E-state index in [1.165, 1.54) is 28.7 Å². The first-order chi connectivity index (χ1) is 16.7. The van der Waals surface area contributed by atoms with Crippen molar-refractivity contribution in [2.24, 2.45) is 5.92 Å². The number of carbonyl (C=O) groups is 2. The van der Waals surface area contributed by atoms with E-state index < -0.39 is 17.2 Å². The van der Waals surface area contributed by atoms with Crippen LogP contribution in [0, 0.1) is 5.92 Å². The molecule has 0 atom stereocenters. The van der Waals surface area contributed by atoms with Gasteiger partial charge in [0.05, 0.1) is 6.61 Å². The summed E-state index contributed by atoms with van der Waals surface area (Å²) in [6.07, 6.45) is 0. The minimum atomic E-state index is -0.760. The van der Waals surface area contributed by atoms with E-state index in [0.717, 1.165) is 0 Å². The molecule has 0 unspecified atom stereocenters. The number of nitrogens with one attached hydrogen (secondary N) is 2. The first kappa shape index (κ1) is 25.4. The summed E-state index contributed by atoms with van der Waals surface area (Å²) in [5.74, 6) is -0.799. The molecule has 1 heterocycles. The van der Waals surface area contributed by atoms with Crippen LogP contribution in [0.4, 0.5) is 17.2 Å². The third-order valence-electron chi connectivity index (χ3n) is 5.22. The Kier molecular flexibility index (Phi) is 8.21. The summed E-state index contributed by atoms with van der Waals surface area (Å²) in [5.41, 5.74) is 5.97. The Bertz CT molecular complexity index is 1300. The Morgan fingerprint density at radius 2 is 1.71 bits per heavy atom. The molecule has 35 heavy (non-hydrogen) atoms. The molecule has 2 amide bonds. The summed E-state index contributed by atoms with van der Waals surface area (Å²) in [7, 11) is 1.47. The molecule has 10 nitrogen and oxygen atoms in total. The van der Waals surface area contributed by atoms with Crippen LogP contribution in [0.5, 0.6) is 0 Å². The maximum atomic E-state index is 13.4. The van der Waals surface area contributed by atoms with E-state index in [1.54, 1.807) is 36.4 Å². The number of H-pyrrole nitrogens is 1. The number of amides is 2. The molecule has 4 N–H and O–H groups in total. The second-order valence-corrected chi connectivity index (χ2v) is 8.34. The summed E-state index contributed by atoms with van der Waals surface area (Å²) in [4.78, 5) is 54.3. The average molecular weight is 480 g/mol. The minimum Gasteiger partial charge on any atom is -0.383 e. The fourth-order valence-corrected chi connectivity index (χ4v) is 3.53. The Labute approximate surface area is 202 Å². The highest BCUT2D eigenvalue weighted by molar-refractivity contribution is 6.08. The second kappa shape index (κ2) is 11.3. The fourth-order valence-electron chi connectivity index (χ4n) is 3.53. The average Bonchev–Trinajstić information content (AvgIpc) is 2.84. The van der Waals surface area contributed by atoms with E-state index in [9.17, 15) is 19.2 Å². The molecule has 0 fully saturated rings. The molecular formula is C25H29N5O5. The van der Waals surface area contributed by atoms with Crippen molar-refractivity contribution in [3.63, 3.8) is 0 Å². The summed E-state index contributed by atoms with van der Waals surface area (Å²) < 4.78 is 6.37. The van der Waals surface area contributed by atoms with Gasteiger partial charge < -0.3 is 15.8 Å². The van der Waals surface area contributed by atoms with Crippen molar-refractivity contribution in [3.8, 4) is 0 Å².